The minimum absolute atomic E-state index is 0.0157. The van der Waals surface area contributed by atoms with Crippen LogP contribution in [0.4, 0.5) is 18.9 Å². The van der Waals surface area contributed by atoms with Crippen molar-refractivity contribution in [2.75, 3.05) is 5.32 Å². The highest BCUT2D eigenvalue weighted by atomic mass is 19.4. The summed E-state index contributed by atoms with van der Waals surface area (Å²) < 4.78 is 39.7. The number of aromatic nitrogens is 2. The molecule has 0 saturated heterocycles. The summed E-state index contributed by atoms with van der Waals surface area (Å²) in [7, 11) is 0. The van der Waals surface area contributed by atoms with Gasteiger partial charge in [-0.15, -0.1) is 0 Å². The van der Waals surface area contributed by atoms with Crippen molar-refractivity contribution in [1.29, 1.82) is 0 Å². The number of nitrogens with zero attached hydrogens (tertiary/aromatic N) is 2. The minimum Gasteiger partial charge on any atom is -0.326 e. The number of carbonyl (C=O) groups excluding carboxylic acids is 1. The fraction of sp³-hybridized carbons (Fsp3) is 0.421. The zero-order valence-electron chi connectivity index (χ0n) is 14.4. The van der Waals surface area contributed by atoms with Crippen molar-refractivity contribution in [1.82, 2.24) is 9.97 Å². The lowest BCUT2D eigenvalue weighted by Crippen LogP contribution is -2.39. The van der Waals surface area contributed by atoms with E-state index in [1.807, 2.05) is 6.07 Å². The third kappa shape index (κ3) is 4.20. The molecule has 2 unspecified atom stereocenters. The van der Waals surface area contributed by atoms with Gasteiger partial charge in [0.15, 0.2) is 0 Å². The highest BCUT2D eigenvalue weighted by molar-refractivity contribution is 5.93. The first-order chi connectivity index (χ1) is 12.3. The number of anilines is 1. The first kappa shape index (κ1) is 18.4. The number of benzene rings is 1. The van der Waals surface area contributed by atoms with Crippen molar-refractivity contribution in [3.8, 4) is 11.3 Å². The van der Waals surface area contributed by atoms with E-state index in [9.17, 15) is 18.0 Å². The fourth-order valence-electron chi connectivity index (χ4n) is 3.44. The van der Waals surface area contributed by atoms with Crippen LogP contribution in [0.2, 0.25) is 0 Å². The number of rotatable bonds is 3. The van der Waals surface area contributed by atoms with Gasteiger partial charge in [-0.25, -0.2) is 9.97 Å². The van der Waals surface area contributed by atoms with Crippen molar-refractivity contribution in [2.24, 2.45) is 11.8 Å². The van der Waals surface area contributed by atoms with E-state index < -0.39 is 23.9 Å². The van der Waals surface area contributed by atoms with Gasteiger partial charge in [-0.1, -0.05) is 25.0 Å². The van der Waals surface area contributed by atoms with E-state index in [2.05, 4.69) is 15.3 Å². The second-order valence-corrected chi connectivity index (χ2v) is 6.60. The van der Waals surface area contributed by atoms with Crippen LogP contribution in [0, 0.1) is 18.8 Å². The zero-order valence-corrected chi connectivity index (χ0v) is 14.4. The smallest absolute Gasteiger partial charge is 0.326 e. The zero-order chi connectivity index (χ0) is 18.7. The summed E-state index contributed by atoms with van der Waals surface area (Å²) >= 11 is 0. The summed E-state index contributed by atoms with van der Waals surface area (Å²) in [6.07, 6.45) is -1.27. The standard InChI is InChI=1S/C19H20F3N3O/c1-12-23-10-9-17(24-12)13-5-4-6-14(11-13)25-18(26)15-7-2-3-8-16(15)19(20,21)22/h4-6,9-11,15-16H,2-3,7-8H2,1H3,(H,25,26). The van der Waals surface area contributed by atoms with Gasteiger partial charge in [0.05, 0.1) is 11.6 Å². The highest BCUT2D eigenvalue weighted by Crippen LogP contribution is 2.42. The molecule has 1 aromatic carbocycles. The summed E-state index contributed by atoms with van der Waals surface area (Å²) in [4.78, 5) is 20.9. The van der Waals surface area contributed by atoms with Crippen LogP contribution >= 0.6 is 0 Å². The summed E-state index contributed by atoms with van der Waals surface area (Å²) in [5, 5.41) is 2.66. The van der Waals surface area contributed by atoms with Crippen molar-refractivity contribution < 1.29 is 18.0 Å². The Morgan fingerprint density at radius 2 is 1.96 bits per heavy atom. The molecule has 1 aliphatic rings. The lowest BCUT2D eigenvalue weighted by atomic mass is 9.78. The van der Waals surface area contributed by atoms with Gasteiger partial charge in [0.2, 0.25) is 5.91 Å². The van der Waals surface area contributed by atoms with E-state index in [1.165, 1.54) is 0 Å². The molecular formula is C19H20F3N3O. The Kier molecular flexibility index (Phi) is 5.25. The van der Waals surface area contributed by atoms with E-state index in [0.29, 0.717) is 30.0 Å². The van der Waals surface area contributed by atoms with Gasteiger partial charge in [-0.2, -0.15) is 13.2 Å². The topological polar surface area (TPSA) is 54.9 Å². The van der Waals surface area contributed by atoms with Crippen molar-refractivity contribution >= 4 is 11.6 Å². The average molecular weight is 363 g/mol. The summed E-state index contributed by atoms with van der Waals surface area (Å²) in [5.41, 5.74) is 1.93. The van der Waals surface area contributed by atoms with Crippen LogP contribution in [0.15, 0.2) is 36.5 Å². The third-order valence-corrected chi connectivity index (χ3v) is 4.73. The highest BCUT2D eigenvalue weighted by Gasteiger charge is 2.48. The molecule has 2 atom stereocenters. The molecule has 4 nitrogen and oxygen atoms in total. The van der Waals surface area contributed by atoms with Gasteiger partial charge in [0, 0.05) is 23.4 Å². The largest absolute Gasteiger partial charge is 0.392 e. The van der Waals surface area contributed by atoms with Crippen LogP contribution in [0.5, 0.6) is 0 Å². The lowest BCUT2D eigenvalue weighted by molar-refractivity contribution is -0.197. The van der Waals surface area contributed by atoms with E-state index in [-0.39, 0.29) is 12.8 Å². The summed E-state index contributed by atoms with van der Waals surface area (Å²) in [5.74, 6) is -2.55. The normalized spacial score (nSPS) is 20.6. The first-order valence-electron chi connectivity index (χ1n) is 8.62. The molecule has 1 aromatic heterocycles. The van der Waals surface area contributed by atoms with Gasteiger partial charge in [-0.05, 0) is 38.0 Å². The van der Waals surface area contributed by atoms with Crippen LogP contribution in [-0.4, -0.2) is 22.1 Å². The maximum Gasteiger partial charge on any atom is 0.392 e. The monoisotopic (exact) mass is 363 g/mol. The first-order valence-corrected chi connectivity index (χ1v) is 8.62. The molecule has 7 heteroatoms. The lowest BCUT2D eigenvalue weighted by Gasteiger charge is -2.32. The quantitative estimate of drug-likeness (QED) is 0.855. The van der Waals surface area contributed by atoms with Crippen molar-refractivity contribution in [3.63, 3.8) is 0 Å². The Balaban J connectivity index is 1.78. The molecule has 1 fully saturated rings. The molecule has 0 spiro atoms. The number of alkyl halides is 3. The molecular weight excluding hydrogens is 343 g/mol. The van der Waals surface area contributed by atoms with E-state index in [0.717, 1.165) is 5.56 Å². The molecule has 0 aliphatic heterocycles. The Morgan fingerprint density at radius 1 is 1.19 bits per heavy atom. The van der Waals surface area contributed by atoms with E-state index in [4.69, 9.17) is 0 Å². The number of nitrogens with one attached hydrogen (secondary N) is 1. The predicted octanol–water partition coefficient (Wildman–Crippen LogP) is 4.76. The van der Waals surface area contributed by atoms with Crippen LogP contribution in [0.1, 0.15) is 31.5 Å². The van der Waals surface area contributed by atoms with E-state index in [1.54, 1.807) is 37.4 Å². The SMILES string of the molecule is Cc1nccc(-c2cccc(NC(=O)C3CCCCC3C(F)(F)F)c2)n1. The van der Waals surface area contributed by atoms with Crippen LogP contribution in [0.3, 0.4) is 0 Å². The number of carbonyl (C=O) groups is 1. The Hall–Kier alpha value is -2.44. The van der Waals surface area contributed by atoms with Crippen molar-refractivity contribution in [3.05, 3.63) is 42.4 Å². The van der Waals surface area contributed by atoms with Gasteiger partial charge in [0.25, 0.3) is 0 Å². The van der Waals surface area contributed by atoms with Crippen LogP contribution in [0.25, 0.3) is 11.3 Å². The average Bonchev–Trinajstić information content (AvgIpc) is 2.61. The van der Waals surface area contributed by atoms with Gasteiger partial charge in [0.1, 0.15) is 5.82 Å². The summed E-state index contributed by atoms with van der Waals surface area (Å²) in [6, 6.07) is 8.70. The van der Waals surface area contributed by atoms with Gasteiger partial charge in [-0.3, -0.25) is 4.79 Å². The molecule has 1 heterocycles. The van der Waals surface area contributed by atoms with Crippen LogP contribution in [-0.2, 0) is 4.79 Å². The number of aryl methyl sites for hydroxylation is 1. The van der Waals surface area contributed by atoms with Gasteiger partial charge >= 0.3 is 6.18 Å². The third-order valence-electron chi connectivity index (χ3n) is 4.73. The molecule has 1 N–H and O–H groups in total. The number of hydrogen-bond acceptors (Lipinski definition) is 3. The minimum atomic E-state index is -4.34. The Morgan fingerprint density at radius 3 is 2.69 bits per heavy atom. The second-order valence-electron chi connectivity index (χ2n) is 6.60. The number of amides is 1. The summed E-state index contributed by atoms with van der Waals surface area (Å²) in [6.45, 7) is 1.77. The Labute approximate surface area is 149 Å². The van der Waals surface area contributed by atoms with E-state index >= 15 is 0 Å². The van der Waals surface area contributed by atoms with Crippen LogP contribution < -0.4 is 5.32 Å². The molecule has 0 radical (unpaired) electrons. The molecule has 1 amide bonds. The van der Waals surface area contributed by atoms with Gasteiger partial charge < -0.3 is 5.32 Å². The molecule has 1 saturated carbocycles. The molecule has 3 rings (SSSR count). The molecule has 138 valence electrons. The Bertz CT molecular complexity index is 792. The number of halogens is 3. The molecule has 1 aliphatic carbocycles. The number of hydrogen-bond donors (Lipinski definition) is 1. The predicted molar refractivity (Wildman–Crippen MR) is 92.3 cm³/mol. The van der Waals surface area contributed by atoms with Crippen molar-refractivity contribution in [2.45, 2.75) is 38.8 Å². The fourth-order valence-corrected chi connectivity index (χ4v) is 3.44. The maximum absolute atomic E-state index is 13.2. The molecule has 2 aromatic rings. The molecule has 0 bridgehead atoms. The molecule has 26 heavy (non-hydrogen) atoms. The maximum atomic E-state index is 13.2. The second kappa shape index (κ2) is 7.43.